The van der Waals surface area contributed by atoms with Crippen LogP contribution in [0.15, 0.2) is 207 Å². The van der Waals surface area contributed by atoms with Crippen molar-refractivity contribution in [1.29, 1.82) is 0 Å². The summed E-state index contributed by atoms with van der Waals surface area (Å²) in [6.07, 6.45) is 15.4. The highest BCUT2D eigenvalue weighted by Gasteiger charge is 2.24. The molecule has 0 atom stereocenters. The van der Waals surface area contributed by atoms with Gasteiger partial charge in [0.1, 0.15) is 0 Å². The van der Waals surface area contributed by atoms with Crippen LogP contribution in [-0.4, -0.2) is 38.2 Å². The molecule has 0 N–H and O–H groups in total. The molecule has 0 saturated carbocycles. The Morgan fingerprint density at radius 2 is 0.531 bits per heavy atom. The van der Waals surface area contributed by atoms with E-state index in [0.29, 0.717) is 0 Å². The molecule has 14 aromatic rings. The number of aromatic nitrogens is 8. The minimum atomic E-state index is 1.03. The van der Waals surface area contributed by atoms with E-state index in [2.05, 4.69) is 196 Å². The molecular formula is C56H34N8. The molecule has 64 heavy (non-hydrogen) atoms. The molecule has 14 rings (SSSR count). The van der Waals surface area contributed by atoms with Crippen LogP contribution < -0.4 is 0 Å². The Morgan fingerprint density at radius 3 is 0.844 bits per heavy atom. The van der Waals surface area contributed by atoms with Crippen LogP contribution in [0, 0.1) is 0 Å². The van der Waals surface area contributed by atoms with Crippen LogP contribution in [0.5, 0.6) is 0 Å². The SMILES string of the molecule is c1ccc2c(c1)c1ccccc1n2-c1ccc(-c2ccc(-n3c4ccccc4c4ccccc43)cc2-n2c3ccncc3c3cnccc32)c(-n2c3ccncc3c3cnccc32)c1. The molecule has 0 unspecified atom stereocenters. The van der Waals surface area contributed by atoms with Crippen LogP contribution >= 0.6 is 0 Å². The summed E-state index contributed by atoms with van der Waals surface area (Å²) in [6.45, 7) is 0. The van der Waals surface area contributed by atoms with Gasteiger partial charge in [0, 0.05) is 115 Å². The first-order valence-corrected chi connectivity index (χ1v) is 21.4. The molecule has 6 aromatic carbocycles. The summed E-state index contributed by atoms with van der Waals surface area (Å²) in [6, 6.07) is 57.1. The van der Waals surface area contributed by atoms with Crippen molar-refractivity contribution in [3.8, 4) is 33.9 Å². The van der Waals surface area contributed by atoms with E-state index in [4.69, 9.17) is 0 Å². The number of fused-ring (bicyclic) bond motifs is 12. The van der Waals surface area contributed by atoms with E-state index in [1.54, 1.807) is 0 Å². The average Bonchev–Trinajstić information content (AvgIpc) is 4.09. The first kappa shape index (κ1) is 34.8. The summed E-state index contributed by atoms with van der Waals surface area (Å²) < 4.78 is 9.58. The molecule has 8 nitrogen and oxygen atoms in total. The molecule has 0 spiro atoms. The second-order valence-electron chi connectivity index (χ2n) is 16.4. The van der Waals surface area contributed by atoms with Gasteiger partial charge in [-0.25, -0.2) is 0 Å². The maximum Gasteiger partial charge on any atom is 0.0572 e. The molecule has 0 saturated heterocycles. The van der Waals surface area contributed by atoms with Gasteiger partial charge in [-0.2, -0.15) is 0 Å². The van der Waals surface area contributed by atoms with Crippen LogP contribution in [0.1, 0.15) is 0 Å². The van der Waals surface area contributed by atoms with Crippen LogP contribution in [0.4, 0.5) is 0 Å². The molecule has 0 amide bonds. The Bertz CT molecular complexity index is 3740. The Balaban J connectivity index is 1.13. The van der Waals surface area contributed by atoms with Crippen molar-refractivity contribution < 1.29 is 0 Å². The zero-order valence-corrected chi connectivity index (χ0v) is 34.2. The van der Waals surface area contributed by atoms with Gasteiger partial charge in [0.25, 0.3) is 0 Å². The highest BCUT2D eigenvalue weighted by atomic mass is 15.0. The third-order valence-corrected chi connectivity index (χ3v) is 13.1. The predicted octanol–water partition coefficient (Wildman–Crippen LogP) is 13.3. The normalized spacial score (nSPS) is 12.1. The number of nitrogens with zero attached hydrogens (tertiary/aromatic N) is 8. The topological polar surface area (TPSA) is 71.3 Å². The fourth-order valence-corrected chi connectivity index (χ4v) is 10.5. The van der Waals surface area contributed by atoms with Crippen molar-refractivity contribution in [2.45, 2.75) is 0 Å². The summed E-state index contributed by atoms with van der Waals surface area (Å²) in [5.41, 5.74) is 15.2. The minimum absolute atomic E-state index is 1.03. The fraction of sp³-hybridized carbons (Fsp3) is 0. The largest absolute Gasteiger partial charge is 0.309 e. The highest BCUT2D eigenvalue weighted by Crippen LogP contribution is 2.44. The first-order valence-electron chi connectivity index (χ1n) is 21.4. The predicted molar refractivity (Wildman–Crippen MR) is 260 cm³/mol. The lowest BCUT2D eigenvalue weighted by Crippen LogP contribution is -2.05. The van der Waals surface area contributed by atoms with Gasteiger partial charge in [-0.3, -0.25) is 19.9 Å². The van der Waals surface area contributed by atoms with E-state index >= 15 is 0 Å². The summed E-state index contributed by atoms with van der Waals surface area (Å²) in [7, 11) is 0. The molecule has 8 aromatic heterocycles. The van der Waals surface area contributed by atoms with Crippen molar-refractivity contribution >= 4 is 87.2 Å². The van der Waals surface area contributed by atoms with Crippen molar-refractivity contribution in [2.24, 2.45) is 0 Å². The van der Waals surface area contributed by atoms with Crippen LogP contribution in [0.25, 0.3) is 121 Å². The van der Waals surface area contributed by atoms with Crippen molar-refractivity contribution in [1.82, 2.24) is 38.2 Å². The zero-order chi connectivity index (χ0) is 41.9. The van der Waals surface area contributed by atoms with Gasteiger partial charge in [-0.1, -0.05) is 84.9 Å². The summed E-state index contributed by atoms with van der Waals surface area (Å²) >= 11 is 0. The molecule has 0 bridgehead atoms. The maximum absolute atomic E-state index is 4.60. The van der Waals surface area contributed by atoms with Gasteiger partial charge in [0.05, 0.1) is 55.5 Å². The summed E-state index contributed by atoms with van der Waals surface area (Å²) in [4.78, 5) is 18.4. The average molecular weight is 819 g/mol. The van der Waals surface area contributed by atoms with Gasteiger partial charge in [0.2, 0.25) is 0 Å². The number of benzene rings is 6. The van der Waals surface area contributed by atoms with Crippen LogP contribution in [0.3, 0.4) is 0 Å². The van der Waals surface area contributed by atoms with Gasteiger partial charge in [-0.15, -0.1) is 0 Å². The van der Waals surface area contributed by atoms with Gasteiger partial charge < -0.3 is 18.3 Å². The molecule has 298 valence electrons. The number of hydrogen-bond donors (Lipinski definition) is 0. The van der Waals surface area contributed by atoms with Crippen molar-refractivity contribution in [3.63, 3.8) is 0 Å². The first-order chi connectivity index (χ1) is 31.8. The monoisotopic (exact) mass is 818 g/mol. The van der Waals surface area contributed by atoms with Crippen molar-refractivity contribution in [3.05, 3.63) is 207 Å². The minimum Gasteiger partial charge on any atom is -0.309 e. The Hall–Kier alpha value is -8.88. The van der Waals surface area contributed by atoms with Crippen molar-refractivity contribution in [2.75, 3.05) is 0 Å². The van der Waals surface area contributed by atoms with Crippen LogP contribution in [0.2, 0.25) is 0 Å². The molecule has 8 heterocycles. The molecule has 0 aliphatic heterocycles. The van der Waals surface area contributed by atoms with E-state index in [1.165, 1.54) is 21.5 Å². The van der Waals surface area contributed by atoms with E-state index in [9.17, 15) is 0 Å². The van der Waals surface area contributed by atoms with Gasteiger partial charge >= 0.3 is 0 Å². The highest BCUT2D eigenvalue weighted by molar-refractivity contribution is 6.13. The van der Waals surface area contributed by atoms with Gasteiger partial charge in [-0.05, 0) is 72.8 Å². The zero-order valence-electron chi connectivity index (χ0n) is 34.2. The van der Waals surface area contributed by atoms with E-state index in [-0.39, 0.29) is 0 Å². The Kier molecular flexibility index (Phi) is 7.23. The number of pyridine rings is 4. The maximum atomic E-state index is 4.60. The van der Waals surface area contributed by atoms with Crippen LogP contribution in [-0.2, 0) is 0 Å². The third-order valence-electron chi connectivity index (χ3n) is 13.1. The second-order valence-corrected chi connectivity index (χ2v) is 16.4. The summed E-state index contributed by atoms with van der Waals surface area (Å²) in [5.74, 6) is 0. The summed E-state index contributed by atoms with van der Waals surface area (Å²) in [5, 5.41) is 9.05. The quantitative estimate of drug-likeness (QED) is 0.173. The van der Waals surface area contributed by atoms with Gasteiger partial charge in [0.15, 0.2) is 0 Å². The fourth-order valence-electron chi connectivity index (χ4n) is 10.5. The standard InChI is InChI=1S/C56H34N8/c1-5-13-47-37(9-1)38-10-2-6-14-48(38)61(47)35-17-19-41(55(29-35)63-51-21-25-57-31-43(51)44-32-58-26-22-52(44)63)42-20-18-36(62-49-15-7-3-11-39(49)40-12-4-8-16-50(40)62)30-56(42)64-53-23-27-59-33-45(53)46-34-60-28-24-54(46)64/h1-34H. The van der Waals surface area contributed by atoms with E-state index in [0.717, 1.165) is 99.6 Å². The number of para-hydroxylation sites is 4. The second kappa shape index (κ2) is 13.3. The molecule has 0 aliphatic rings. The Labute approximate surface area is 365 Å². The van der Waals surface area contributed by atoms with E-state index < -0.39 is 0 Å². The third kappa shape index (κ3) is 4.81. The lowest BCUT2D eigenvalue weighted by molar-refractivity contribution is 1.12. The molecule has 0 aliphatic carbocycles. The lowest BCUT2D eigenvalue weighted by atomic mass is 9.99. The number of hydrogen-bond acceptors (Lipinski definition) is 4. The lowest BCUT2D eigenvalue weighted by Gasteiger charge is -2.21. The molecule has 0 fully saturated rings. The van der Waals surface area contributed by atoms with E-state index in [1.807, 2.05) is 49.6 Å². The number of rotatable bonds is 5. The molecule has 8 heteroatoms. The molecule has 0 radical (unpaired) electrons. The molecular weight excluding hydrogens is 785 g/mol. The smallest absolute Gasteiger partial charge is 0.0572 e. The Morgan fingerprint density at radius 1 is 0.250 bits per heavy atom.